The van der Waals surface area contributed by atoms with E-state index < -0.39 is 21.6 Å². The van der Waals surface area contributed by atoms with Gasteiger partial charge in [-0.1, -0.05) is 6.07 Å². The fourth-order valence-corrected chi connectivity index (χ4v) is 3.07. The van der Waals surface area contributed by atoms with E-state index in [4.69, 9.17) is 0 Å². The minimum Gasteiger partial charge on any atom is -0.368 e. The van der Waals surface area contributed by atoms with E-state index in [9.17, 15) is 26.4 Å². The molecule has 0 atom stereocenters. The minimum atomic E-state index is -4.39. The normalized spacial score (nSPS) is 16.3. The van der Waals surface area contributed by atoms with Crippen LogP contribution in [0.4, 0.5) is 18.9 Å². The van der Waals surface area contributed by atoms with Crippen LogP contribution in [0, 0.1) is 0 Å². The summed E-state index contributed by atoms with van der Waals surface area (Å²) >= 11 is 0. The average molecular weight is 364 g/mol. The smallest absolute Gasteiger partial charge is 0.368 e. The van der Waals surface area contributed by atoms with Crippen molar-refractivity contribution >= 4 is 21.4 Å². The van der Waals surface area contributed by atoms with Gasteiger partial charge in [0.05, 0.1) is 11.3 Å². The van der Waals surface area contributed by atoms with Gasteiger partial charge in [0.15, 0.2) is 0 Å². The Morgan fingerprint density at radius 2 is 1.79 bits per heavy atom. The van der Waals surface area contributed by atoms with E-state index in [-0.39, 0.29) is 18.1 Å². The number of nitrogens with zero attached hydrogens (tertiary/aromatic N) is 2. The molecule has 1 heterocycles. The van der Waals surface area contributed by atoms with E-state index in [1.165, 1.54) is 6.07 Å². The lowest BCUT2D eigenvalue weighted by molar-refractivity contribution is -0.137. The predicted octanol–water partition coefficient (Wildman–Crippen LogP) is 1.79. The Morgan fingerprint density at radius 1 is 1.17 bits per heavy atom. The molecule has 0 radical (unpaired) electrons. The standard InChI is InChI=1S/C15H19F3N2O3S/c1-24(22,23)10-5-14(21)20-8-6-19(7-9-20)13-4-2-3-12(11-13)15(16,17)18/h2-4,11H,5-10H2,1H3. The van der Waals surface area contributed by atoms with Crippen molar-refractivity contribution in [2.45, 2.75) is 12.6 Å². The highest BCUT2D eigenvalue weighted by molar-refractivity contribution is 7.90. The number of sulfone groups is 1. The highest BCUT2D eigenvalue weighted by Crippen LogP contribution is 2.31. The average Bonchev–Trinajstić information content (AvgIpc) is 2.51. The summed E-state index contributed by atoms with van der Waals surface area (Å²) in [5, 5.41) is 0. The first kappa shape index (κ1) is 18.6. The zero-order valence-electron chi connectivity index (χ0n) is 13.2. The van der Waals surface area contributed by atoms with Crippen LogP contribution in [0.1, 0.15) is 12.0 Å². The summed E-state index contributed by atoms with van der Waals surface area (Å²) in [6.07, 6.45) is -3.38. The Hall–Kier alpha value is -1.77. The lowest BCUT2D eigenvalue weighted by atomic mass is 10.1. The first-order valence-corrected chi connectivity index (χ1v) is 9.50. The lowest BCUT2D eigenvalue weighted by Gasteiger charge is -2.36. The fraction of sp³-hybridized carbons (Fsp3) is 0.533. The maximum Gasteiger partial charge on any atom is 0.416 e. The molecule has 1 aromatic carbocycles. The second kappa shape index (κ2) is 7.00. The number of hydrogen-bond acceptors (Lipinski definition) is 4. The number of piperazine rings is 1. The van der Waals surface area contributed by atoms with Crippen molar-refractivity contribution in [2.24, 2.45) is 0 Å². The molecule has 1 fully saturated rings. The number of hydrogen-bond donors (Lipinski definition) is 0. The van der Waals surface area contributed by atoms with E-state index in [2.05, 4.69) is 0 Å². The number of alkyl halides is 3. The molecule has 134 valence electrons. The maximum absolute atomic E-state index is 12.8. The van der Waals surface area contributed by atoms with Gasteiger partial charge in [-0.15, -0.1) is 0 Å². The number of carbonyl (C=O) groups excluding carboxylic acids is 1. The van der Waals surface area contributed by atoms with E-state index >= 15 is 0 Å². The first-order chi connectivity index (χ1) is 11.1. The van der Waals surface area contributed by atoms with Gasteiger partial charge in [-0.25, -0.2) is 8.42 Å². The second-order valence-corrected chi connectivity index (χ2v) is 8.06. The van der Waals surface area contributed by atoms with Crippen LogP contribution in [-0.2, 0) is 20.8 Å². The largest absolute Gasteiger partial charge is 0.416 e. The van der Waals surface area contributed by atoms with E-state index in [1.807, 2.05) is 0 Å². The van der Waals surface area contributed by atoms with Crippen molar-refractivity contribution in [3.63, 3.8) is 0 Å². The molecular formula is C15H19F3N2O3S. The number of halogens is 3. The first-order valence-electron chi connectivity index (χ1n) is 7.44. The van der Waals surface area contributed by atoms with Crippen LogP contribution in [0.15, 0.2) is 24.3 Å². The predicted molar refractivity (Wildman–Crippen MR) is 84.6 cm³/mol. The minimum absolute atomic E-state index is 0.0671. The van der Waals surface area contributed by atoms with Crippen molar-refractivity contribution in [1.82, 2.24) is 4.90 Å². The highest BCUT2D eigenvalue weighted by Gasteiger charge is 2.31. The molecule has 2 rings (SSSR count). The fourth-order valence-electron chi connectivity index (χ4n) is 2.52. The lowest BCUT2D eigenvalue weighted by Crippen LogP contribution is -2.49. The molecule has 1 aliphatic rings. The molecule has 1 aliphatic heterocycles. The molecule has 1 amide bonds. The van der Waals surface area contributed by atoms with Crippen LogP contribution in [0.3, 0.4) is 0 Å². The zero-order chi connectivity index (χ0) is 18.0. The molecule has 0 N–H and O–H groups in total. The van der Waals surface area contributed by atoms with Crippen molar-refractivity contribution in [2.75, 3.05) is 43.1 Å². The summed E-state index contributed by atoms with van der Waals surface area (Å²) in [5.74, 6) is -0.441. The van der Waals surface area contributed by atoms with Gasteiger partial charge in [0.2, 0.25) is 5.91 Å². The van der Waals surface area contributed by atoms with Crippen LogP contribution in [0.2, 0.25) is 0 Å². The Labute approximate surface area is 139 Å². The van der Waals surface area contributed by atoms with Crippen molar-refractivity contribution in [3.8, 4) is 0 Å². The third-order valence-electron chi connectivity index (χ3n) is 3.86. The van der Waals surface area contributed by atoms with Gasteiger partial charge in [-0.3, -0.25) is 4.79 Å². The number of rotatable bonds is 4. The third kappa shape index (κ3) is 5.12. The van der Waals surface area contributed by atoms with E-state index in [0.717, 1.165) is 18.4 Å². The van der Waals surface area contributed by atoms with Crippen molar-refractivity contribution in [3.05, 3.63) is 29.8 Å². The van der Waals surface area contributed by atoms with Crippen molar-refractivity contribution in [1.29, 1.82) is 0 Å². The second-order valence-electron chi connectivity index (χ2n) is 5.80. The number of anilines is 1. The van der Waals surface area contributed by atoms with Gasteiger partial charge in [-0.2, -0.15) is 13.2 Å². The van der Waals surface area contributed by atoms with Crippen LogP contribution in [0.25, 0.3) is 0 Å². The monoisotopic (exact) mass is 364 g/mol. The van der Waals surface area contributed by atoms with Gasteiger partial charge in [0.1, 0.15) is 9.84 Å². The molecular weight excluding hydrogens is 345 g/mol. The Bertz CT molecular complexity index is 696. The molecule has 0 aromatic heterocycles. The molecule has 0 unspecified atom stereocenters. The third-order valence-corrected chi connectivity index (χ3v) is 4.80. The molecule has 0 aliphatic carbocycles. The molecule has 5 nitrogen and oxygen atoms in total. The van der Waals surface area contributed by atoms with Crippen molar-refractivity contribution < 1.29 is 26.4 Å². The topological polar surface area (TPSA) is 57.7 Å². The summed E-state index contributed by atoms with van der Waals surface area (Å²) in [5.41, 5.74) is -0.236. The maximum atomic E-state index is 12.8. The number of benzene rings is 1. The molecule has 0 spiro atoms. The molecule has 9 heteroatoms. The Kier molecular flexibility index (Phi) is 5.42. The summed E-state index contributed by atoms with van der Waals surface area (Å²) in [6.45, 7) is 1.54. The van der Waals surface area contributed by atoms with Gasteiger partial charge in [-0.05, 0) is 18.2 Å². The number of amides is 1. The summed E-state index contributed by atoms with van der Waals surface area (Å²) in [6, 6.07) is 5.09. The molecule has 24 heavy (non-hydrogen) atoms. The Morgan fingerprint density at radius 3 is 2.33 bits per heavy atom. The van der Waals surface area contributed by atoms with Gasteiger partial charge in [0, 0.05) is 44.5 Å². The van der Waals surface area contributed by atoms with Crippen LogP contribution >= 0.6 is 0 Å². The highest BCUT2D eigenvalue weighted by atomic mass is 32.2. The van der Waals surface area contributed by atoms with E-state index in [0.29, 0.717) is 31.9 Å². The summed E-state index contributed by atoms with van der Waals surface area (Å²) in [7, 11) is -3.19. The quantitative estimate of drug-likeness (QED) is 0.817. The van der Waals surface area contributed by atoms with Gasteiger partial charge >= 0.3 is 6.18 Å². The van der Waals surface area contributed by atoms with Crippen LogP contribution in [0.5, 0.6) is 0 Å². The molecule has 1 aromatic rings. The SMILES string of the molecule is CS(=O)(=O)CCC(=O)N1CCN(c2cccc(C(F)(F)F)c2)CC1. The molecule has 1 saturated heterocycles. The number of carbonyl (C=O) groups is 1. The van der Waals surface area contributed by atoms with E-state index in [1.54, 1.807) is 15.9 Å². The van der Waals surface area contributed by atoms with Crippen LogP contribution in [-0.4, -0.2) is 57.4 Å². The zero-order valence-corrected chi connectivity index (χ0v) is 14.0. The van der Waals surface area contributed by atoms with Gasteiger partial charge < -0.3 is 9.80 Å². The summed E-state index contributed by atoms with van der Waals surface area (Å²) < 4.78 is 60.5. The molecule has 0 bridgehead atoms. The van der Waals surface area contributed by atoms with Gasteiger partial charge in [0.25, 0.3) is 0 Å². The summed E-state index contributed by atoms with van der Waals surface area (Å²) in [4.78, 5) is 15.3. The Balaban J connectivity index is 1.94. The van der Waals surface area contributed by atoms with Crippen LogP contribution < -0.4 is 4.90 Å². The molecule has 0 saturated carbocycles.